The average Bonchev–Trinajstić information content (AvgIpc) is 2.87. The number of aromatic nitrogens is 2. The molecule has 0 amide bonds. The molecule has 3 N–H and O–H groups in total. The summed E-state index contributed by atoms with van der Waals surface area (Å²) in [7, 11) is 0. The summed E-state index contributed by atoms with van der Waals surface area (Å²) in [4.78, 5) is 11.1. The van der Waals surface area contributed by atoms with Crippen molar-refractivity contribution >= 4 is 22.7 Å². The summed E-state index contributed by atoms with van der Waals surface area (Å²) in [6, 6.07) is 7.72. The number of nitrogens with zero attached hydrogens (tertiary/aromatic N) is 3. The van der Waals surface area contributed by atoms with E-state index in [9.17, 15) is 5.11 Å². The third-order valence-corrected chi connectivity index (χ3v) is 3.78. The van der Waals surface area contributed by atoms with Crippen LogP contribution in [-0.2, 0) is 0 Å². The lowest BCUT2D eigenvalue weighted by molar-refractivity contribution is 0.136. The molecular weight excluding hydrogens is 240 g/mol. The highest BCUT2D eigenvalue weighted by Crippen LogP contribution is 2.28. The second-order valence-electron chi connectivity index (χ2n) is 5.16. The van der Waals surface area contributed by atoms with Gasteiger partial charge in [-0.05, 0) is 25.5 Å². The third-order valence-electron chi connectivity index (χ3n) is 3.78. The van der Waals surface area contributed by atoms with Crippen molar-refractivity contribution < 1.29 is 5.11 Å². The first-order valence-electron chi connectivity index (χ1n) is 6.60. The van der Waals surface area contributed by atoms with Gasteiger partial charge in [-0.3, -0.25) is 0 Å². The van der Waals surface area contributed by atoms with Crippen molar-refractivity contribution in [1.29, 1.82) is 0 Å². The van der Waals surface area contributed by atoms with Crippen LogP contribution in [-0.4, -0.2) is 34.3 Å². The first kappa shape index (κ1) is 12.2. The Morgan fingerprint density at radius 1 is 1.32 bits per heavy atom. The lowest BCUT2D eigenvalue weighted by Gasteiger charge is -2.20. The van der Waals surface area contributed by atoms with E-state index in [1.54, 1.807) is 0 Å². The Morgan fingerprint density at radius 3 is 2.63 bits per heavy atom. The van der Waals surface area contributed by atoms with E-state index in [0.29, 0.717) is 5.82 Å². The lowest BCUT2D eigenvalue weighted by atomic mass is 10.0. The number of aliphatic hydroxyl groups is 1. The minimum absolute atomic E-state index is 0.285. The van der Waals surface area contributed by atoms with Crippen molar-refractivity contribution in [1.82, 2.24) is 9.97 Å². The molecule has 0 spiro atoms. The molecular formula is C14H18N4O. The van der Waals surface area contributed by atoms with Gasteiger partial charge >= 0.3 is 0 Å². The fraction of sp³-hybridized carbons (Fsp3) is 0.429. The Morgan fingerprint density at radius 2 is 2.00 bits per heavy atom. The minimum atomic E-state index is -0.292. The second kappa shape index (κ2) is 4.66. The van der Waals surface area contributed by atoms with Crippen LogP contribution in [0.3, 0.4) is 0 Å². The lowest BCUT2D eigenvalue weighted by Crippen LogP contribution is -2.25. The number of nitrogen functional groups attached to an aromatic ring is 1. The fourth-order valence-corrected chi connectivity index (χ4v) is 2.61. The Kier molecular flexibility index (Phi) is 2.98. The zero-order chi connectivity index (χ0) is 13.4. The molecule has 2 unspecified atom stereocenters. The maximum absolute atomic E-state index is 9.66. The van der Waals surface area contributed by atoms with E-state index in [4.69, 9.17) is 5.73 Å². The molecule has 1 aliphatic heterocycles. The topological polar surface area (TPSA) is 75.3 Å². The maximum atomic E-state index is 9.66. The molecule has 2 heterocycles. The summed E-state index contributed by atoms with van der Waals surface area (Å²) in [6.07, 6.45) is 0.672. The Bertz CT molecular complexity index is 599. The van der Waals surface area contributed by atoms with Crippen LogP contribution in [0.15, 0.2) is 24.3 Å². The molecule has 2 atom stereocenters. The molecule has 3 rings (SSSR count). The number of rotatable bonds is 2. The molecule has 1 saturated heterocycles. The van der Waals surface area contributed by atoms with Crippen LogP contribution in [0.2, 0.25) is 0 Å². The van der Waals surface area contributed by atoms with Crippen LogP contribution in [0.25, 0.3) is 11.0 Å². The predicted molar refractivity (Wildman–Crippen MR) is 76.0 cm³/mol. The maximum Gasteiger partial charge on any atom is 0.172 e. The van der Waals surface area contributed by atoms with Crippen LogP contribution in [0.5, 0.6) is 0 Å². The molecule has 0 bridgehead atoms. The summed E-state index contributed by atoms with van der Waals surface area (Å²) >= 11 is 0. The SMILES string of the molecule is CC(O)C1CCN(c2nc3ccccc3nc2N)C1. The zero-order valence-corrected chi connectivity index (χ0v) is 11.0. The molecule has 1 aromatic carbocycles. The zero-order valence-electron chi connectivity index (χ0n) is 11.0. The molecule has 5 nitrogen and oxygen atoms in total. The summed E-state index contributed by atoms with van der Waals surface area (Å²) in [5.41, 5.74) is 7.68. The Hall–Kier alpha value is -1.88. The second-order valence-corrected chi connectivity index (χ2v) is 5.16. The number of benzene rings is 1. The highest BCUT2D eigenvalue weighted by atomic mass is 16.3. The van der Waals surface area contributed by atoms with E-state index < -0.39 is 0 Å². The number of para-hydroxylation sites is 2. The van der Waals surface area contributed by atoms with Crippen molar-refractivity contribution in [3.63, 3.8) is 0 Å². The molecule has 0 aliphatic carbocycles. The van der Waals surface area contributed by atoms with E-state index in [1.165, 1.54) is 0 Å². The fourth-order valence-electron chi connectivity index (χ4n) is 2.61. The molecule has 0 radical (unpaired) electrons. The first-order chi connectivity index (χ1) is 9.15. The van der Waals surface area contributed by atoms with Crippen LogP contribution in [0, 0.1) is 5.92 Å². The molecule has 1 fully saturated rings. The van der Waals surface area contributed by atoms with Crippen molar-refractivity contribution in [2.45, 2.75) is 19.4 Å². The van der Waals surface area contributed by atoms with E-state index >= 15 is 0 Å². The molecule has 0 saturated carbocycles. The standard InChI is InChI=1S/C14H18N4O/c1-9(19)10-6-7-18(8-10)14-13(15)16-11-4-2-3-5-12(11)17-14/h2-5,9-10,19H,6-8H2,1H3,(H2,15,16). The highest BCUT2D eigenvalue weighted by Gasteiger charge is 2.28. The molecule has 5 heteroatoms. The van der Waals surface area contributed by atoms with Crippen molar-refractivity contribution in [3.05, 3.63) is 24.3 Å². The van der Waals surface area contributed by atoms with E-state index in [1.807, 2.05) is 31.2 Å². The average molecular weight is 258 g/mol. The molecule has 19 heavy (non-hydrogen) atoms. The summed E-state index contributed by atoms with van der Waals surface area (Å²) in [5, 5.41) is 9.66. The van der Waals surface area contributed by atoms with Gasteiger partial charge in [0.05, 0.1) is 17.1 Å². The smallest absolute Gasteiger partial charge is 0.172 e. The molecule has 100 valence electrons. The monoisotopic (exact) mass is 258 g/mol. The van der Waals surface area contributed by atoms with Gasteiger partial charge < -0.3 is 15.7 Å². The van der Waals surface area contributed by atoms with E-state index in [-0.39, 0.29) is 12.0 Å². The largest absolute Gasteiger partial charge is 0.393 e. The number of hydrogen-bond donors (Lipinski definition) is 2. The Labute approximate surface area is 112 Å². The van der Waals surface area contributed by atoms with Crippen LogP contribution in [0.4, 0.5) is 11.6 Å². The van der Waals surface area contributed by atoms with Gasteiger partial charge in [0.25, 0.3) is 0 Å². The van der Waals surface area contributed by atoms with Gasteiger partial charge in [0, 0.05) is 19.0 Å². The van der Waals surface area contributed by atoms with Crippen molar-refractivity contribution in [2.75, 3.05) is 23.7 Å². The van der Waals surface area contributed by atoms with Crippen molar-refractivity contribution in [3.8, 4) is 0 Å². The number of nitrogens with two attached hydrogens (primary N) is 1. The van der Waals surface area contributed by atoms with Gasteiger partial charge in [-0.15, -0.1) is 0 Å². The van der Waals surface area contributed by atoms with Crippen LogP contribution < -0.4 is 10.6 Å². The highest BCUT2D eigenvalue weighted by molar-refractivity contribution is 5.79. The van der Waals surface area contributed by atoms with Gasteiger partial charge in [-0.1, -0.05) is 12.1 Å². The Balaban J connectivity index is 1.95. The van der Waals surface area contributed by atoms with E-state index in [2.05, 4.69) is 14.9 Å². The first-order valence-corrected chi connectivity index (χ1v) is 6.60. The van der Waals surface area contributed by atoms with Crippen LogP contribution >= 0.6 is 0 Å². The van der Waals surface area contributed by atoms with E-state index in [0.717, 1.165) is 36.4 Å². The number of hydrogen-bond acceptors (Lipinski definition) is 5. The number of anilines is 2. The summed E-state index contributed by atoms with van der Waals surface area (Å²) < 4.78 is 0. The van der Waals surface area contributed by atoms with Gasteiger partial charge in [0.1, 0.15) is 0 Å². The van der Waals surface area contributed by atoms with Crippen molar-refractivity contribution in [2.24, 2.45) is 5.92 Å². The molecule has 2 aromatic rings. The normalized spacial score (nSPS) is 20.9. The quantitative estimate of drug-likeness (QED) is 0.852. The number of fused-ring (bicyclic) bond motifs is 1. The van der Waals surface area contributed by atoms with Crippen LogP contribution in [0.1, 0.15) is 13.3 Å². The van der Waals surface area contributed by atoms with Gasteiger partial charge in [0.2, 0.25) is 0 Å². The number of aliphatic hydroxyl groups excluding tert-OH is 1. The van der Waals surface area contributed by atoms with Gasteiger partial charge in [0.15, 0.2) is 11.6 Å². The van der Waals surface area contributed by atoms with Gasteiger partial charge in [-0.25, -0.2) is 9.97 Å². The third kappa shape index (κ3) is 2.21. The minimum Gasteiger partial charge on any atom is -0.393 e. The summed E-state index contributed by atoms with van der Waals surface area (Å²) in [5.74, 6) is 1.49. The molecule has 1 aromatic heterocycles. The molecule has 1 aliphatic rings. The summed E-state index contributed by atoms with van der Waals surface area (Å²) in [6.45, 7) is 3.49. The predicted octanol–water partition coefficient (Wildman–Crippen LogP) is 1.42. The van der Waals surface area contributed by atoms with Gasteiger partial charge in [-0.2, -0.15) is 0 Å².